The van der Waals surface area contributed by atoms with Crippen LogP contribution in [0.3, 0.4) is 0 Å². The van der Waals surface area contributed by atoms with Gasteiger partial charge in [0.25, 0.3) is 0 Å². The first-order chi connectivity index (χ1) is 9.53. The highest BCUT2D eigenvalue weighted by Gasteiger charge is 2.27. The minimum Gasteiger partial charge on any atom is -0.488 e. The predicted octanol–water partition coefficient (Wildman–Crippen LogP) is 1.89. The molecule has 0 atom stereocenters. The fourth-order valence-corrected chi connectivity index (χ4v) is 1.46. The van der Waals surface area contributed by atoms with E-state index in [1.54, 1.807) is 20.8 Å². The van der Waals surface area contributed by atoms with Crippen LogP contribution in [0.25, 0.3) is 0 Å². The van der Waals surface area contributed by atoms with E-state index in [1.165, 1.54) is 0 Å². The number of aliphatic carboxylic acids is 1. The molecule has 116 valence electrons. The van der Waals surface area contributed by atoms with Crippen molar-refractivity contribution in [2.75, 3.05) is 19.8 Å². The highest BCUT2D eigenvalue weighted by atomic mass is 17.0. The van der Waals surface area contributed by atoms with Crippen LogP contribution in [0.1, 0.15) is 40.5 Å². The third-order valence-electron chi connectivity index (χ3n) is 2.17. The van der Waals surface area contributed by atoms with Crippen LogP contribution in [0, 0.1) is 0 Å². The number of carboxylic acids is 1. The summed E-state index contributed by atoms with van der Waals surface area (Å²) >= 11 is 0. The van der Waals surface area contributed by atoms with E-state index >= 15 is 0 Å². The predicted molar refractivity (Wildman–Crippen MR) is 71.3 cm³/mol. The number of carbonyl (C=O) groups excluding carboxylic acids is 1. The molecule has 0 aliphatic heterocycles. The van der Waals surface area contributed by atoms with Crippen LogP contribution in [0.5, 0.6) is 0 Å². The molecule has 7 heteroatoms. The average molecular weight is 289 g/mol. The first kappa shape index (κ1) is 18.4. The highest BCUT2D eigenvalue weighted by molar-refractivity contribution is 5.99. The van der Waals surface area contributed by atoms with E-state index in [0.717, 1.165) is 0 Å². The molecule has 0 fully saturated rings. The molecular formula is C13H23NO6. The van der Waals surface area contributed by atoms with Crippen LogP contribution >= 0.6 is 0 Å². The Morgan fingerprint density at radius 1 is 1.00 bits per heavy atom. The van der Waals surface area contributed by atoms with Crippen molar-refractivity contribution in [2.45, 2.75) is 40.5 Å². The van der Waals surface area contributed by atoms with Gasteiger partial charge < -0.3 is 9.84 Å². The monoisotopic (exact) mass is 289 g/mol. The lowest BCUT2D eigenvalue weighted by molar-refractivity contribution is -0.337. The van der Waals surface area contributed by atoms with Crippen molar-refractivity contribution >= 4 is 11.9 Å². The van der Waals surface area contributed by atoms with E-state index in [4.69, 9.17) is 14.4 Å². The lowest BCUT2D eigenvalue weighted by atomic mass is 10.1. The molecule has 20 heavy (non-hydrogen) atoms. The molecule has 0 saturated carbocycles. The number of rotatable bonds is 10. The maximum Gasteiger partial charge on any atom is 0.338 e. The van der Waals surface area contributed by atoms with Crippen LogP contribution in [0.4, 0.5) is 0 Å². The molecule has 0 saturated heterocycles. The fraction of sp³-hybridized carbons (Fsp3) is 0.692. The zero-order valence-electron chi connectivity index (χ0n) is 12.5. The summed E-state index contributed by atoms with van der Waals surface area (Å²) in [7, 11) is 0. The van der Waals surface area contributed by atoms with Gasteiger partial charge in [-0.25, -0.2) is 14.5 Å². The molecule has 0 rings (SSSR count). The summed E-state index contributed by atoms with van der Waals surface area (Å²) in [6.45, 7) is 7.46. The van der Waals surface area contributed by atoms with Gasteiger partial charge in [-0.1, -0.05) is 18.6 Å². The van der Waals surface area contributed by atoms with Crippen LogP contribution in [0.2, 0.25) is 0 Å². The molecule has 0 aromatic heterocycles. The summed E-state index contributed by atoms with van der Waals surface area (Å²) in [5, 5.41) is 9.87. The highest BCUT2D eigenvalue weighted by Crippen LogP contribution is 2.16. The Bertz CT molecular complexity index is 347. The zero-order valence-corrected chi connectivity index (χ0v) is 12.5. The van der Waals surface area contributed by atoms with E-state index in [0.29, 0.717) is 11.6 Å². The van der Waals surface area contributed by atoms with E-state index in [2.05, 4.69) is 0 Å². The molecule has 1 N–H and O–H groups in total. The Morgan fingerprint density at radius 2 is 1.55 bits per heavy atom. The number of carboxylic acid groups (broad SMARTS) is 1. The largest absolute Gasteiger partial charge is 0.488 e. The number of hydroxylamine groups is 2. The molecule has 0 aromatic carbocycles. The quantitative estimate of drug-likeness (QED) is 0.375. The van der Waals surface area contributed by atoms with Gasteiger partial charge >= 0.3 is 11.9 Å². The Morgan fingerprint density at radius 3 is 1.90 bits per heavy atom. The molecule has 0 heterocycles. The molecular weight excluding hydrogens is 266 g/mol. The van der Waals surface area contributed by atoms with Crippen molar-refractivity contribution in [1.82, 2.24) is 5.23 Å². The standard InChI is InChI=1S/C13H23NO6/c1-5-9-10(13(16)17)11(18-6-2)12(15)14(19-7-3)20-8-4/h5-9H2,1-4H3,(H,16,17)/b11-10+. The van der Waals surface area contributed by atoms with Gasteiger partial charge in [-0.15, -0.1) is 0 Å². The van der Waals surface area contributed by atoms with E-state index < -0.39 is 11.9 Å². The Labute approximate surface area is 119 Å². The smallest absolute Gasteiger partial charge is 0.338 e. The fourth-order valence-electron chi connectivity index (χ4n) is 1.46. The lowest BCUT2D eigenvalue weighted by Gasteiger charge is -2.21. The molecule has 0 aliphatic rings. The molecule has 7 nitrogen and oxygen atoms in total. The van der Waals surface area contributed by atoms with Gasteiger partial charge in [-0.2, -0.15) is 0 Å². The van der Waals surface area contributed by atoms with Crippen molar-refractivity contribution in [3.8, 4) is 0 Å². The van der Waals surface area contributed by atoms with Crippen molar-refractivity contribution in [3.63, 3.8) is 0 Å². The number of amides is 1. The summed E-state index contributed by atoms with van der Waals surface area (Å²) in [4.78, 5) is 33.6. The molecule has 1 amide bonds. The molecule has 0 bridgehead atoms. The first-order valence-electron chi connectivity index (χ1n) is 6.72. The second-order valence-corrected chi connectivity index (χ2v) is 3.69. The SMILES string of the molecule is CCC/C(C(=O)O)=C(\OCC)C(=O)N(OCC)OCC. The molecule has 0 aliphatic carbocycles. The number of hydrogen-bond donors (Lipinski definition) is 1. The number of carbonyl (C=O) groups is 2. The van der Waals surface area contributed by atoms with E-state index in [-0.39, 0.29) is 37.6 Å². The molecule has 0 unspecified atom stereocenters. The summed E-state index contributed by atoms with van der Waals surface area (Å²) in [6.07, 6.45) is 0.803. The van der Waals surface area contributed by atoms with Gasteiger partial charge in [-0.05, 0) is 27.2 Å². The van der Waals surface area contributed by atoms with Gasteiger partial charge in [0.15, 0.2) is 5.76 Å². The van der Waals surface area contributed by atoms with Gasteiger partial charge in [0.2, 0.25) is 0 Å². The van der Waals surface area contributed by atoms with E-state index in [9.17, 15) is 14.7 Å². The van der Waals surface area contributed by atoms with Crippen molar-refractivity contribution in [1.29, 1.82) is 0 Å². The third-order valence-corrected chi connectivity index (χ3v) is 2.17. The first-order valence-corrected chi connectivity index (χ1v) is 6.72. The molecule has 0 radical (unpaired) electrons. The van der Waals surface area contributed by atoms with Crippen LogP contribution in [-0.2, 0) is 24.0 Å². The average Bonchev–Trinajstić information content (AvgIpc) is 2.41. The lowest BCUT2D eigenvalue weighted by Crippen LogP contribution is -2.34. The summed E-state index contributed by atoms with van der Waals surface area (Å²) < 4.78 is 5.20. The minimum absolute atomic E-state index is 0.0799. The Balaban J connectivity index is 5.44. The Hall–Kier alpha value is -1.60. The number of hydrogen-bond acceptors (Lipinski definition) is 5. The van der Waals surface area contributed by atoms with Crippen molar-refractivity contribution < 1.29 is 29.1 Å². The maximum absolute atomic E-state index is 12.3. The van der Waals surface area contributed by atoms with Crippen LogP contribution in [-0.4, -0.2) is 42.0 Å². The van der Waals surface area contributed by atoms with Crippen molar-refractivity contribution in [3.05, 3.63) is 11.3 Å². The van der Waals surface area contributed by atoms with Gasteiger partial charge in [-0.3, -0.25) is 4.79 Å². The van der Waals surface area contributed by atoms with Gasteiger partial charge in [0.05, 0.1) is 25.4 Å². The van der Waals surface area contributed by atoms with Crippen molar-refractivity contribution in [2.24, 2.45) is 0 Å². The topological polar surface area (TPSA) is 85.3 Å². The van der Waals surface area contributed by atoms with Crippen LogP contribution in [0.15, 0.2) is 11.3 Å². The summed E-state index contributed by atoms with van der Waals surface area (Å²) in [6, 6.07) is 0. The normalized spacial score (nSPS) is 11.8. The number of nitrogens with zero attached hydrogens (tertiary/aromatic N) is 1. The van der Waals surface area contributed by atoms with E-state index in [1.807, 2.05) is 6.92 Å². The second-order valence-electron chi connectivity index (χ2n) is 3.69. The number of ether oxygens (including phenoxy) is 1. The van der Waals surface area contributed by atoms with Gasteiger partial charge in [0.1, 0.15) is 0 Å². The maximum atomic E-state index is 12.3. The summed E-state index contributed by atoms with van der Waals surface area (Å²) in [5.74, 6) is -2.18. The molecule has 0 spiro atoms. The molecule has 0 aromatic rings. The minimum atomic E-state index is -1.18. The van der Waals surface area contributed by atoms with Gasteiger partial charge in [0, 0.05) is 0 Å². The summed E-state index contributed by atoms with van der Waals surface area (Å²) in [5.41, 5.74) is -0.0799. The third kappa shape index (κ3) is 5.58. The van der Waals surface area contributed by atoms with Crippen LogP contribution < -0.4 is 0 Å². The zero-order chi connectivity index (χ0) is 15.5. The second kappa shape index (κ2) is 10.2. The Kier molecular flexibility index (Phi) is 9.40.